The standard InChI is InChI=1S/C24H25F2NO4S2/c1-30-22-12-11-17(14-23(22)31-16-19-8-5-13-32-19)15-27(18-6-2-3-7-18)33(28,29)24-20(25)9-4-10-21(24)26/h4-5,8-14,18H,2-3,6-7,15-16H2,1H3. The van der Waals surface area contributed by atoms with Gasteiger partial charge in [-0.2, -0.15) is 4.31 Å². The Kier molecular flexibility index (Phi) is 7.31. The molecule has 0 aliphatic heterocycles. The fourth-order valence-electron chi connectivity index (χ4n) is 4.10. The zero-order chi connectivity index (χ0) is 23.4. The highest BCUT2D eigenvalue weighted by Gasteiger charge is 2.37. The number of hydrogen-bond donors (Lipinski definition) is 0. The molecule has 5 nitrogen and oxygen atoms in total. The van der Waals surface area contributed by atoms with Crippen molar-refractivity contribution in [1.82, 2.24) is 4.31 Å². The van der Waals surface area contributed by atoms with Gasteiger partial charge in [0, 0.05) is 17.5 Å². The number of sulfonamides is 1. The highest BCUT2D eigenvalue weighted by atomic mass is 32.2. The summed E-state index contributed by atoms with van der Waals surface area (Å²) in [5, 5.41) is 1.96. The van der Waals surface area contributed by atoms with Crippen molar-refractivity contribution in [3.8, 4) is 11.5 Å². The highest BCUT2D eigenvalue weighted by Crippen LogP contribution is 2.34. The molecule has 0 bridgehead atoms. The van der Waals surface area contributed by atoms with Crippen LogP contribution in [0.2, 0.25) is 0 Å². The summed E-state index contributed by atoms with van der Waals surface area (Å²) in [5.41, 5.74) is 0.643. The minimum Gasteiger partial charge on any atom is -0.493 e. The van der Waals surface area contributed by atoms with E-state index in [0.717, 1.165) is 35.9 Å². The molecule has 0 radical (unpaired) electrons. The zero-order valence-corrected chi connectivity index (χ0v) is 19.8. The van der Waals surface area contributed by atoms with Gasteiger partial charge in [0.05, 0.1) is 7.11 Å². The first-order valence-corrected chi connectivity index (χ1v) is 13.0. The number of ether oxygens (including phenoxy) is 2. The van der Waals surface area contributed by atoms with Crippen LogP contribution in [0.1, 0.15) is 36.1 Å². The van der Waals surface area contributed by atoms with Gasteiger partial charge in [-0.1, -0.05) is 31.0 Å². The van der Waals surface area contributed by atoms with Crippen molar-refractivity contribution in [3.63, 3.8) is 0 Å². The lowest BCUT2D eigenvalue weighted by atomic mass is 10.1. The van der Waals surface area contributed by atoms with Gasteiger partial charge < -0.3 is 9.47 Å². The Labute approximate surface area is 196 Å². The first-order chi connectivity index (χ1) is 15.9. The van der Waals surface area contributed by atoms with Crippen LogP contribution in [0.4, 0.5) is 8.78 Å². The molecule has 1 aromatic heterocycles. The Morgan fingerprint density at radius 2 is 1.76 bits per heavy atom. The second kappa shape index (κ2) is 10.2. The zero-order valence-electron chi connectivity index (χ0n) is 18.2. The predicted octanol–water partition coefficient (Wildman–Crippen LogP) is 5.75. The Hall–Kier alpha value is -2.49. The van der Waals surface area contributed by atoms with E-state index in [2.05, 4.69) is 0 Å². The van der Waals surface area contributed by atoms with Gasteiger partial charge in [0.15, 0.2) is 16.4 Å². The summed E-state index contributed by atoms with van der Waals surface area (Å²) in [6.07, 6.45) is 3.03. The molecule has 4 rings (SSSR count). The van der Waals surface area contributed by atoms with E-state index in [0.29, 0.717) is 36.5 Å². The summed E-state index contributed by atoms with van der Waals surface area (Å²) in [6, 6.07) is 11.8. The van der Waals surface area contributed by atoms with Gasteiger partial charge in [-0.05, 0) is 54.1 Å². The van der Waals surface area contributed by atoms with Crippen LogP contribution in [0.25, 0.3) is 0 Å². The van der Waals surface area contributed by atoms with Gasteiger partial charge in [-0.25, -0.2) is 17.2 Å². The maximum atomic E-state index is 14.4. The van der Waals surface area contributed by atoms with E-state index >= 15 is 0 Å². The third kappa shape index (κ3) is 5.20. The molecule has 1 heterocycles. The summed E-state index contributed by atoms with van der Waals surface area (Å²) < 4.78 is 68.3. The number of benzene rings is 2. The monoisotopic (exact) mass is 493 g/mol. The van der Waals surface area contributed by atoms with Crippen LogP contribution in [-0.2, 0) is 23.2 Å². The van der Waals surface area contributed by atoms with Gasteiger partial charge in [-0.3, -0.25) is 0 Å². The first kappa shape index (κ1) is 23.7. The summed E-state index contributed by atoms with van der Waals surface area (Å²) in [7, 11) is -2.88. The van der Waals surface area contributed by atoms with E-state index in [1.54, 1.807) is 29.5 Å². The molecule has 1 aliphatic rings. The molecule has 176 valence electrons. The number of rotatable bonds is 9. The minimum absolute atomic E-state index is 0.0276. The van der Waals surface area contributed by atoms with Crippen LogP contribution in [0.5, 0.6) is 11.5 Å². The fourth-order valence-corrected chi connectivity index (χ4v) is 6.51. The summed E-state index contributed by atoms with van der Waals surface area (Å²) in [4.78, 5) is 0.132. The Bertz CT molecular complexity index is 1170. The maximum Gasteiger partial charge on any atom is 0.249 e. The summed E-state index contributed by atoms with van der Waals surface area (Å²) in [6.45, 7) is 0.322. The van der Waals surface area contributed by atoms with E-state index in [9.17, 15) is 17.2 Å². The summed E-state index contributed by atoms with van der Waals surface area (Å²) >= 11 is 1.57. The lowest BCUT2D eigenvalue weighted by Crippen LogP contribution is -2.39. The molecule has 1 fully saturated rings. The lowest BCUT2D eigenvalue weighted by Gasteiger charge is -2.28. The molecule has 0 saturated heterocycles. The molecule has 0 atom stereocenters. The molecule has 1 aliphatic carbocycles. The van der Waals surface area contributed by atoms with Gasteiger partial charge >= 0.3 is 0 Å². The SMILES string of the molecule is COc1ccc(CN(C2CCCC2)S(=O)(=O)c2c(F)cccc2F)cc1OCc1cccs1. The van der Waals surface area contributed by atoms with Gasteiger partial charge in [0.2, 0.25) is 10.0 Å². The molecular formula is C24H25F2NO4S2. The van der Waals surface area contributed by atoms with Crippen LogP contribution in [-0.4, -0.2) is 25.9 Å². The maximum absolute atomic E-state index is 14.4. The van der Waals surface area contributed by atoms with Crippen LogP contribution in [0.3, 0.4) is 0 Å². The van der Waals surface area contributed by atoms with Gasteiger partial charge in [0.1, 0.15) is 18.2 Å². The van der Waals surface area contributed by atoms with Crippen molar-refractivity contribution in [1.29, 1.82) is 0 Å². The average molecular weight is 494 g/mol. The van der Waals surface area contributed by atoms with Gasteiger partial charge in [-0.15, -0.1) is 11.3 Å². The fraction of sp³-hybridized carbons (Fsp3) is 0.333. The molecular weight excluding hydrogens is 468 g/mol. The Morgan fingerprint density at radius 1 is 1.03 bits per heavy atom. The highest BCUT2D eigenvalue weighted by molar-refractivity contribution is 7.89. The van der Waals surface area contributed by atoms with Gasteiger partial charge in [0.25, 0.3) is 0 Å². The van der Waals surface area contributed by atoms with E-state index in [-0.39, 0.29) is 12.6 Å². The number of methoxy groups -OCH3 is 1. The molecule has 33 heavy (non-hydrogen) atoms. The Balaban J connectivity index is 1.66. The third-order valence-electron chi connectivity index (χ3n) is 5.73. The number of halogens is 2. The topological polar surface area (TPSA) is 55.8 Å². The van der Waals surface area contributed by atoms with E-state index < -0.39 is 26.6 Å². The third-order valence-corrected chi connectivity index (χ3v) is 8.53. The normalized spacial score (nSPS) is 14.7. The van der Waals surface area contributed by atoms with Crippen molar-refractivity contribution in [2.75, 3.05) is 7.11 Å². The minimum atomic E-state index is -4.41. The van der Waals surface area contributed by atoms with E-state index in [4.69, 9.17) is 9.47 Å². The smallest absolute Gasteiger partial charge is 0.249 e. The van der Waals surface area contributed by atoms with Crippen molar-refractivity contribution in [2.24, 2.45) is 0 Å². The molecule has 0 spiro atoms. The van der Waals surface area contributed by atoms with Crippen LogP contribution >= 0.6 is 11.3 Å². The molecule has 9 heteroatoms. The average Bonchev–Trinajstić information content (AvgIpc) is 3.50. The van der Waals surface area contributed by atoms with E-state index in [1.165, 1.54) is 11.4 Å². The van der Waals surface area contributed by atoms with Crippen molar-refractivity contribution in [3.05, 3.63) is 76.0 Å². The summed E-state index contributed by atoms with van der Waals surface area (Å²) in [5.74, 6) is -1.18. The quantitative estimate of drug-likeness (QED) is 0.381. The Morgan fingerprint density at radius 3 is 2.39 bits per heavy atom. The molecule has 0 unspecified atom stereocenters. The number of nitrogens with zero attached hydrogens (tertiary/aromatic N) is 1. The van der Waals surface area contributed by atoms with Crippen LogP contribution in [0.15, 0.2) is 58.8 Å². The second-order valence-electron chi connectivity index (χ2n) is 7.89. The number of thiophene rings is 1. The van der Waals surface area contributed by atoms with Crippen LogP contribution < -0.4 is 9.47 Å². The van der Waals surface area contributed by atoms with Crippen molar-refractivity contribution >= 4 is 21.4 Å². The number of hydrogen-bond acceptors (Lipinski definition) is 5. The molecule has 1 saturated carbocycles. The van der Waals surface area contributed by atoms with Crippen molar-refractivity contribution < 1.29 is 26.7 Å². The second-order valence-corrected chi connectivity index (χ2v) is 10.8. The predicted molar refractivity (Wildman–Crippen MR) is 123 cm³/mol. The lowest BCUT2D eigenvalue weighted by molar-refractivity contribution is 0.284. The van der Waals surface area contributed by atoms with E-state index in [1.807, 2.05) is 17.5 Å². The van der Waals surface area contributed by atoms with Crippen molar-refractivity contribution in [2.45, 2.75) is 49.8 Å². The first-order valence-electron chi connectivity index (χ1n) is 10.7. The molecule has 2 aromatic carbocycles. The molecule has 3 aromatic rings. The molecule has 0 amide bonds. The largest absolute Gasteiger partial charge is 0.493 e. The van der Waals surface area contributed by atoms with Crippen LogP contribution in [0, 0.1) is 11.6 Å². The molecule has 0 N–H and O–H groups in total.